The summed E-state index contributed by atoms with van der Waals surface area (Å²) < 4.78 is 56.0. The number of carbonyl (C=O) groups is 1. The lowest BCUT2D eigenvalue weighted by molar-refractivity contribution is 0.103. The van der Waals surface area contributed by atoms with Crippen molar-refractivity contribution >= 4 is 38.5 Å². The highest BCUT2D eigenvalue weighted by molar-refractivity contribution is 7.92. The van der Waals surface area contributed by atoms with Gasteiger partial charge in [0.05, 0.1) is 17.0 Å². The van der Waals surface area contributed by atoms with Gasteiger partial charge in [0.1, 0.15) is 11.5 Å². The van der Waals surface area contributed by atoms with E-state index in [1.807, 2.05) is 14.1 Å². The summed E-state index contributed by atoms with van der Waals surface area (Å²) in [7, 11) is -0.235. The van der Waals surface area contributed by atoms with Gasteiger partial charge in [0, 0.05) is 61.0 Å². The van der Waals surface area contributed by atoms with Gasteiger partial charge < -0.3 is 9.88 Å². The summed E-state index contributed by atoms with van der Waals surface area (Å²) in [6.07, 6.45) is 6.38. The van der Waals surface area contributed by atoms with Crippen LogP contribution in [0.4, 0.5) is 20.4 Å². The smallest absolute Gasteiger partial charge is 0.232 e. The maximum atomic E-state index is 15.2. The van der Waals surface area contributed by atoms with Crippen LogP contribution >= 0.6 is 0 Å². The topological polar surface area (TPSA) is 121 Å². The minimum absolute atomic E-state index is 0.0217. The number of nitrogens with one attached hydrogen (secondary N) is 2. The molecule has 0 aliphatic carbocycles. The monoisotopic (exact) mass is 500 g/mol. The van der Waals surface area contributed by atoms with Crippen LogP contribution in [0.5, 0.6) is 0 Å². The quantitative estimate of drug-likeness (QED) is 0.354. The molecular weight excluding hydrogens is 478 g/mol. The first-order valence-corrected chi connectivity index (χ1v) is 12.3. The van der Waals surface area contributed by atoms with Crippen molar-refractivity contribution in [3.8, 4) is 11.1 Å². The molecule has 0 unspecified atom stereocenters. The van der Waals surface area contributed by atoms with E-state index in [0.717, 1.165) is 12.1 Å². The molecule has 2 N–H and O–H groups in total. The fraction of sp³-hybridized carbons (Fsp3) is 0.217. The van der Waals surface area contributed by atoms with Gasteiger partial charge in [-0.2, -0.15) is 0 Å². The van der Waals surface area contributed by atoms with Crippen LogP contribution in [0.1, 0.15) is 29.3 Å². The Kier molecular flexibility index (Phi) is 6.48. The van der Waals surface area contributed by atoms with E-state index in [-0.39, 0.29) is 11.3 Å². The molecule has 0 saturated heterocycles. The van der Waals surface area contributed by atoms with Gasteiger partial charge in [-0.05, 0) is 24.6 Å². The average molecular weight is 501 g/mol. The second-order valence-corrected chi connectivity index (χ2v) is 9.86. The van der Waals surface area contributed by atoms with Crippen LogP contribution in [0.3, 0.4) is 0 Å². The van der Waals surface area contributed by atoms with Gasteiger partial charge in [0.2, 0.25) is 21.8 Å². The highest BCUT2D eigenvalue weighted by Crippen LogP contribution is 2.29. The first-order valence-electron chi connectivity index (χ1n) is 10.6. The van der Waals surface area contributed by atoms with Crippen molar-refractivity contribution in [1.82, 2.24) is 19.9 Å². The lowest BCUT2D eigenvalue weighted by Crippen LogP contribution is -2.18. The lowest BCUT2D eigenvalue weighted by Gasteiger charge is -2.11. The normalized spacial score (nSPS) is 11.6. The summed E-state index contributed by atoms with van der Waals surface area (Å²) >= 11 is 0. The molecule has 0 aliphatic heterocycles. The van der Waals surface area contributed by atoms with E-state index in [9.17, 15) is 17.6 Å². The van der Waals surface area contributed by atoms with E-state index >= 15 is 4.39 Å². The second kappa shape index (κ2) is 9.37. The average Bonchev–Trinajstić information content (AvgIpc) is 3.24. The molecule has 0 bridgehead atoms. The molecule has 0 atom stereocenters. The number of benzene rings is 1. The van der Waals surface area contributed by atoms with Gasteiger partial charge in [-0.1, -0.05) is 6.92 Å². The van der Waals surface area contributed by atoms with Gasteiger partial charge in [0.25, 0.3) is 0 Å². The van der Waals surface area contributed by atoms with Crippen molar-refractivity contribution in [2.24, 2.45) is 0 Å². The fourth-order valence-corrected chi connectivity index (χ4v) is 4.64. The molecule has 4 aromatic rings. The van der Waals surface area contributed by atoms with Crippen LogP contribution in [-0.4, -0.2) is 54.0 Å². The number of pyridine rings is 1. The molecule has 12 heteroatoms. The van der Waals surface area contributed by atoms with E-state index in [2.05, 4.69) is 24.7 Å². The number of rotatable bonds is 8. The zero-order valence-corrected chi connectivity index (χ0v) is 19.9. The van der Waals surface area contributed by atoms with Crippen molar-refractivity contribution in [2.75, 3.05) is 29.5 Å². The molecule has 9 nitrogen and oxygen atoms in total. The number of halogens is 2. The number of fused-ring (bicyclic) bond motifs is 1. The van der Waals surface area contributed by atoms with Crippen molar-refractivity contribution < 1.29 is 22.0 Å². The standard InChI is InChI=1S/C23H22F2N6O3S/c1-4-7-35(33,34)30-18-6-5-17(24)19(20(18)25)21(32)16-12-27-22-15(16)8-13(9-26-22)14-10-28-23(29-11-14)31(2)3/h5-6,8-12,30H,4,7H2,1-3H3,(H,26,27). The van der Waals surface area contributed by atoms with E-state index in [0.29, 0.717) is 34.5 Å². The van der Waals surface area contributed by atoms with Crippen molar-refractivity contribution in [2.45, 2.75) is 13.3 Å². The Labute approximate surface area is 200 Å². The van der Waals surface area contributed by atoms with Gasteiger partial charge >= 0.3 is 0 Å². The Hall–Kier alpha value is -3.93. The van der Waals surface area contributed by atoms with Crippen LogP contribution in [-0.2, 0) is 10.0 Å². The Balaban J connectivity index is 1.75. The summed E-state index contributed by atoms with van der Waals surface area (Å²) in [5.41, 5.74) is 0.175. The predicted molar refractivity (Wildman–Crippen MR) is 129 cm³/mol. The first-order chi connectivity index (χ1) is 16.6. The highest BCUT2D eigenvalue weighted by atomic mass is 32.2. The number of ketones is 1. The third kappa shape index (κ3) is 4.83. The second-order valence-electron chi connectivity index (χ2n) is 8.02. The number of aromatic nitrogens is 4. The van der Waals surface area contributed by atoms with Crippen LogP contribution in [0.15, 0.2) is 43.0 Å². The maximum absolute atomic E-state index is 15.2. The molecule has 3 heterocycles. The predicted octanol–water partition coefficient (Wildman–Crippen LogP) is 3.75. The molecule has 35 heavy (non-hydrogen) atoms. The van der Waals surface area contributed by atoms with Gasteiger partial charge in [-0.15, -0.1) is 0 Å². The number of carbonyl (C=O) groups excluding carboxylic acids is 1. The van der Waals surface area contributed by atoms with Crippen LogP contribution < -0.4 is 9.62 Å². The van der Waals surface area contributed by atoms with Crippen molar-refractivity contribution in [1.29, 1.82) is 0 Å². The molecule has 0 spiro atoms. The molecule has 182 valence electrons. The number of H-pyrrole nitrogens is 1. The molecule has 4 rings (SSSR count). The number of hydrogen-bond acceptors (Lipinski definition) is 7. The molecule has 3 aromatic heterocycles. The van der Waals surface area contributed by atoms with E-state index in [1.165, 1.54) is 6.20 Å². The SMILES string of the molecule is CCCS(=O)(=O)Nc1ccc(F)c(C(=O)c2c[nH]c3ncc(-c4cnc(N(C)C)nc4)cc23)c1F. The third-order valence-corrected chi connectivity index (χ3v) is 6.68. The number of hydrogen-bond donors (Lipinski definition) is 2. The Morgan fingerprint density at radius 3 is 2.43 bits per heavy atom. The van der Waals surface area contributed by atoms with Gasteiger partial charge in [-0.3, -0.25) is 9.52 Å². The molecule has 0 fully saturated rings. The number of aromatic amines is 1. The first kappa shape index (κ1) is 24.2. The summed E-state index contributed by atoms with van der Waals surface area (Å²) in [6.45, 7) is 1.65. The van der Waals surface area contributed by atoms with Gasteiger partial charge in [-0.25, -0.2) is 32.2 Å². The molecule has 0 aliphatic rings. The number of anilines is 2. The molecule has 0 radical (unpaired) electrons. The van der Waals surface area contributed by atoms with Crippen molar-refractivity contribution in [3.63, 3.8) is 0 Å². The maximum Gasteiger partial charge on any atom is 0.232 e. The highest BCUT2D eigenvalue weighted by Gasteiger charge is 2.26. The fourth-order valence-electron chi connectivity index (χ4n) is 3.51. The van der Waals surface area contributed by atoms with E-state index in [4.69, 9.17) is 0 Å². The largest absolute Gasteiger partial charge is 0.347 e. The van der Waals surface area contributed by atoms with Crippen molar-refractivity contribution in [3.05, 3.63) is 65.7 Å². The summed E-state index contributed by atoms with van der Waals surface area (Å²) in [5.74, 6) is -3.09. The third-order valence-electron chi connectivity index (χ3n) is 5.20. The Bertz CT molecular complexity index is 1520. The molecule has 1 aromatic carbocycles. The van der Waals surface area contributed by atoms with Crippen LogP contribution in [0.25, 0.3) is 22.2 Å². The summed E-state index contributed by atoms with van der Waals surface area (Å²) in [5, 5.41) is 0.333. The van der Waals surface area contributed by atoms with Crippen LogP contribution in [0, 0.1) is 11.6 Å². The Morgan fingerprint density at radius 1 is 1.09 bits per heavy atom. The lowest BCUT2D eigenvalue weighted by atomic mass is 10.0. The molecular formula is C23H22F2N6O3S. The minimum atomic E-state index is -3.85. The summed E-state index contributed by atoms with van der Waals surface area (Å²) in [4.78, 5) is 30.6. The zero-order chi connectivity index (χ0) is 25.3. The van der Waals surface area contributed by atoms with Crippen LogP contribution in [0.2, 0.25) is 0 Å². The molecule has 0 saturated carbocycles. The van der Waals surface area contributed by atoms with Gasteiger partial charge in [0.15, 0.2) is 5.82 Å². The minimum Gasteiger partial charge on any atom is -0.347 e. The molecule has 0 amide bonds. The zero-order valence-electron chi connectivity index (χ0n) is 19.1. The van der Waals surface area contributed by atoms with E-state index in [1.54, 1.807) is 36.5 Å². The number of nitrogens with zero attached hydrogens (tertiary/aromatic N) is 4. The summed E-state index contributed by atoms with van der Waals surface area (Å²) in [6, 6.07) is 3.44. The Morgan fingerprint density at radius 2 is 1.77 bits per heavy atom. The van der Waals surface area contributed by atoms with E-state index < -0.39 is 38.7 Å². The number of sulfonamides is 1.